The monoisotopic (exact) mass is 394 g/mol. The minimum Gasteiger partial charge on any atom is -0.495 e. The summed E-state index contributed by atoms with van der Waals surface area (Å²) in [5.74, 6) is 0.273. The van der Waals surface area contributed by atoms with Gasteiger partial charge in [0, 0.05) is 43.0 Å². The fraction of sp³-hybridized carbons (Fsp3) is 0.368. The summed E-state index contributed by atoms with van der Waals surface area (Å²) in [5.41, 5.74) is 2.42. The molecule has 7 heteroatoms. The molecule has 1 aliphatic heterocycles. The van der Waals surface area contributed by atoms with Crippen molar-refractivity contribution in [2.45, 2.75) is 18.2 Å². The lowest BCUT2D eigenvalue weighted by Gasteiger charge is -2.35. The molecule has 1 aliphatic rings. The summed E-state index contributed by atoms with van der Waals surface area (Å²) in [4.78, 5) is 2.37. The summed E-state index contributed by atoms with van der Waals surface area (Å²) in [6.07, 6.45) is 1.01. The molecule has 2 aromatic carbocycles. The summed E-state index contributed by atoms with van der Waals surface area (Å²) in [7, 11) is -2.17. The first-order valence-corrected chi connectivity index (χ1v) is 10.4. The van der Waals surface area contributed by atoms with E-state index in [1.54, 1.807) is 6.07 Å². The minimum absolute atomic E-state index is 0.158. The lowest BCUT2D eigenvalue weighted by atomic mass is 10.1. The highest BCUT2D eigenvalue weighted by Gasteiger charge is 2.31. The van der Waals surface area contributed by atoms with Crippen LogP contribution in [0.3, 0.4) is 0 Å². The van der Waals surface area contributed by atoms with Crippen molar-refractivity contribution in [3.63, 3.8) is 0 Å². The zero-order valence-electron chi connectivity index (χ0n) is 15.0. The second kappa shape index (κ2) is 7.86. The molecule has 0 N–H and O–H groups in total. The predicted octanol–water partition coefficient (Wildman–Crippen LogP) is 3.42. The molecule has 0 aliphatic carbocycles. The molecule has 0 spiro atoms. The number of hydrogen-bond donors (Lipinski definition) is 0. The summed E-state index contributed by atoms with van der Waals surface area (Å²) in [6, 6.07) is 13.1. The number of anilines is 1. The molecule has 0 bridgehead atoms. The van der Waals surface area contributed by atoms with Crippen LogP contribution in [-0.4, -0.2) is 46.0 Å². The van der Waals surface area contributed by atoms with Crippen molar-refractivity contribution in [3.05, 3.63) is 53.1 Å². The Morgan fingerprint density at radius 2 is 1.69 bits per heavy atom. The van der Waals surface area contributed by atoms with Crippen LogP contribution in [0.1, 0.15) is 12.5 Å². The van der Waals surface area contributed by atoms with E-state index in [1.807, 2.05) is 0 Å². The first-order chi connectivity index (χ1) is 12.5. The van der Waals surface area contributed by atoms with Crippen LogP contribution in [0.25, 0.3) is 0 Å². The molecule has 0 aromatic heterocycles. The largest absolute Gasteiger partial charge is 0.495 e. The van der Waals surface area contributed by atoms with Gasteiger partial charge in [-0.2, -0.15) is 4.31 Å². The Labute approximate surface area is 160 Å². The van der Waals surface area contributed by atoms with Gasteiger partial charge in [-0.1, -0.05) is 30.7 Å². The summed E-state index contributed by atoms with van der Waals surface area (Å²) in [5, 5.41) is 0.446. The van der Waals surface area contributed by atoms with Gasteiger partial charge >= 0.3 is 0 Å². The molecule has 0 atom stereocenters. The molecule has 0 amide bonds. The summed E-state index contributed by atoms with van der Waals surface area (Å²) >= 11 is 5.94. The van der Waals surface area contributed by atoms with Crippen LogP contribution in [-0.2, 0) is 16.4 Å². The highest BCUT2D eigenvalue weighted by molar-refractivity contribution is 7.89. The molecule has 1 fully saturated rings. The molecule has 5 nitrogen and oxygen atoms in total. The molecule has 140 valence electrons. The lowest BCUT2D eigenvalue weighted by Crippen LogP contribution is -2.48. The van der Waals surface area contributed by atoms with Gasteiger partial charge in [-0.25, -0.2) is 8.42 Å². The number of hydrogen-bond acceptors (Lipinski definition) is 4. The van der Waals surface area contributed by atoms with Crippen LogP contribution >= 0.6 is 11.6 Å². The first-order valence-electron chi connectivity index (χ1n) is 8.63. The third-order valence-corrected chi connectivity index (χ3v) is 6.87. The SMILES string of the molecule is CCc1ccc(N2CCN(S(=O)(=O)c3ccc(Cl)cc3OC)CC2)cc1. The number of benzene rings is 2. The second-order valence-corrected chi connectivity index (χ2v) is 8.55. The maximum Gasteiger partial charge on any atom is 0.246 e. The van der Waals surface area contributed by atoms with Gasteiger partial charge in [0.1, 0.15) is 10.6 Å². The van der Waals surface area contributed by atoms with Gasteiger partial charge < -0.3 is 9.64 Å². The van der Waals surface area contributed by atoms with Crippen molar-refractivity contribution >= 4 is 27.3 Å². The summed E-state index contributed by atoms with van der Waals surface area (Å²) < 4.78 is 32.7. The van der Waals surface area contributed by atoms with Crippen molar-refractivity contribution < 1.29 is 13.2 Å². The molecule has 3 rings (SSSR count). The lowest BCUT2D eigenvalue weighted by molar-refractivity contribution is 0.374. The Morgan fingerprint density at radius 3 is 2.27 bits per heavy atom. The van der Waals surface area contributed by atoms with Crippen LogP contribution in [0.5, 0.6) is 5.75 Å². The standard InChI is InChI=1S/C19H23ClN2O3S/c1-3-15-4-7-17(8-5-15)21-10-12-22(13-11-21)26(23,24)19-9-6-16(20)14-18(19)25-2/h4-9,14H,3,10-13H2,1-2H3. The Morgan fingerprint density at radius 1 is 1.04 bits per heavy atom. The molecule has 0 unspecified atom stereocenters. The third-order valence-electron chi connectivity index (χ3n) is 4.69. The van der Waals surface area contributed by atoms with Crippen LogP contribution < -0.4 is 9.64 Å². The number of aryl methyl sites for hydroxylation is 1. The molecule has 26 heavy (non-hydrogen) atoms. The van der Waals surface area contributed by atoms with Crippen molar-refractivity contribution in [3.8, 4) is 5.75 Å². The van der Waals surface area contributed by atoms with E-state index in [-0.39, 0.29) is 10.6 Å². The van der Waals surface area contributed by atoms with Crippen LogP contribution in [0.4, 0.5) is 5.69 Å². The normalized spacial score (nSPS) is 15.9. The maximum atomic E-state index is 13.0. The van der Waals surface area contributed by atoms with Gasteiger partial charge in [-0.05, 0) is 36.2 Å². The third kappa shape index (κ3) is 3.82. The first kappa shape index (κ1) is 19.0. The number of methoxy groups -OCH3 is 1. The smallest absolute Gasteiger partial charge is 0.246 e. The second-order valence-electron chi connectivity index (χ2n) is 6.21. The fourth-order valence-electron chi connectivity index (χ4n) is 3.12. The number of halogens is 1. The van der Waals surface area contributed by atoms with E-state index in [2.05, 4.69) is 36.1 Å². The van der Waals surface area contributed by atoms with Gasteiger partial charge in [0.05, 0.1) is 7.11 Å². The average Bonchev–Trinajstić information content (AvgIpc) is 2.68. The van der Waals surface area contributed by atoms with Crippen LogP contribution in [0.2, 0.25) is 5.02 Å². The molecular formula is C19H23ClN2O3S. The van der Waals surface area contributed by atoms with E-state index < -0.39 is 10.0 Å². The molecular weight excluding hydrogens is 372 g/mol. The zero-order valence-corrected chi connectivity index (χ0v) is 16.6. The van der Waals surface area contributed by atoms with Gasteiger partial charge in [0.15, 0.2) is 0 Å². The van der Waals surface area contributed by atoms with E-state index >= 15 is 0 Å². The highest BCUT2D eigenvalue weighted by Crippen LogP contribution is 2.30. The zero-order chi connectivity index (χ0) is 18.7. The fourth-order valence-corrected chi connectivity index (χ4v) is 4.84. The number of ether oxygens (including phenoxy) is 1. The topological polar surface area (TPSA) is 49.9 Å². The van der Waals surface area contributed by atoms with Crippen molar-refractivity contribution in [2.75, 3.05) is 38.2 Å². The average molecular weight is 395 g/mol. The number of piperazine rings is 1. The van der Waals surface area contributed by atoms with E-state index in [9.17, 15) is 8.42 Å². The molecule has 2 aromatic rings. The minimum atomic E-state index is -3.61. The Bertz CT molecular complexity index is 861. The quantitative estimate of drug-likeness (QED) is 0.779. The van der Waals surface area contributed by atoms with E-state index in [1.165, 1.54) is 29.1 Å². The van der Waals surface area contributed by atoms with Crippen molar-refractivity contribution in [1.29, 1.82) is 0 Å². The van der Waals surface area contributed by atoms with Gasteiger partial charge in [-0.15, -0.1) is 0 Å². The maximum absolute atomic E-state index is 13.0. The Balaban J connectivity index is 1.74. The highest BCUT2D eigenvalue weighted by atomic mass is 35.5. The van der Waals surface area contributed by atoms with E-state index in [0.717, 1.165) is 12.1 Å². The Hall–Kier alpha value is -1.76. The van der Waals surface area contributed by atoms with Crippen LogP contribution in [0, 0.1) is 0 Å². The molecule has 0 radical (unpaired) electrons. The van der Waals surface area contributed by atoms with Crippen molar-refractivity contribution in [2.24, 2.45) is 0 Å². The van der Waals surface area contributed by atoms with Crippen LogP contribution in [0.15, 0.2) is 47.4 Å². The predicted molar refractivity (Wildman–Crippen MR) is 105 cm³/mol. The van der Waals surface area contributed by atoms with E-state index in [0.29, 0.717) is 31.2 Å². The van der Waals surface area contributed by atoms with Gasteiger partial charge in [0.2, 0.25) is 10.0 Å². The van der Waals surface area contributed by atoms with Gasteiger partial charge in [0.25, 0.3) is 0 Å². The molecule has 0 saturated carbocycles. The molecule has 1 saturated heterocycles. The summed E-state index contributed by atoms with van der Waals surface area (Å²) in [6.45, 7) is 4.30. The Kier molecular flexibility index (Phi) is 5.75. The number of rotatable bonds is 5. The number of sulfonamides is 1. The van der Waals surface area contributed by atoms with E-state index in [4.69, 9.17) is 16.3 Å². The number of nitrogens with zero attached hydrogens (tertiary/aromatic N) is 2. The molecule has 1 heterocycles. The van der Waals surface area contributed by atoms with Crippen molar-refractivity contribution in [1.82, 2.24) is 4.31 Å². The van der Waals surface area contributed by atoms with Gasteiger partial charge in [-0.3, -0.25) is 0 Å².